The van der Waals surface area contributed by atoms with Crippen LogP contribution in [0.5, 0.6) is 0 Å². The molecule has 0 aromatic heterocycles. The van der Waals surface area contributed by atoms with Gasteiger partial charge in [-0.2, -0.15) is 0 Å². The van der Waals surface area contributed by atoms with Crippen molar-refractivity contribution in [3.8, 4) is 0 Å². The first kappa shape index (κ1) is 32.2. The molecule has 6 N–H and O–H groups in total. The molecule has 0 spiro atoms. The zero-order chi connectivity index (χ0) is 29.0. The second-order valence-electron chi connectivity index (χ2n) is 10.8. The lowest BCUT2D eigenvalue weighted by molar-refractivity contribution is -0.275. The number of carbonyl (C=O) groups is 2. The molecule has 0 saturated heterocycles. The Kier molecular flexibility index (Phi) is 12.8. The molecule has 2 amide bonds. The van der Waals surface area contributed by atoms with Crippen molar-refractivity contribution < 1.29 is 35.1 Å². The third kappa shape index (κ3) is 10.9. The molecule has 5 atom stereocenters. The van der Waals surface area contributed by atoms with Crippen molar-refractivity contribution in [3.05, 3.63) is 71.8 Å². The summed E-state index contributed by atoms with van der Waals surface area (Å²) in [5, 5.41) is 58.5. The van der Waals surface area contributed by atoms with Crippen LogP contribution in [-0.4, -0.2) is 93.0 Å². The normalized spacial score (nSPS) is 15.6. The fourth-order valence-electron chi connectivity index (χ4n) is 4.51. The Morgan fingerprint density at radius 3 is 1.87 bits per heavy atom. The molecular weight excluding hydrogens is 502 g/mol. The van der Waals surface area contributed by atoms with Crippen molar-refractivity contribution in [2.24, 2.45) is 0 Å². The first-order valence-corrected chi connectivity index (χ1v) is 13.2. The molecule has 39 heavy (non-hydrogen) atoms. The maximum Gasteiger partial charge on any atom is 0.223 e. The van der Waals surface area contributed by atoms with Crippen molar-refractivity contribution in [3.63, 3.8) is 0 Å². The van der Waals surface area contributed by atoms with Crippen molar-refractivity contribution in [2.45, 2.75) is 76.0 Å². The SMILES string of the molecule is CC(C)(C)N(C(=O)[O-])[C@@H](Cc1ccccc1)[C@H](O)CNC[C@@H](O)[C@H](Cc1ccccc1)NC(=O)CC(O)CO. The van der Waals surface area contributed by atoms with Gasteiger partial charge in [-0.25, -0.2) is 0 Å². The predicted octanol–water partition coefficient (Wildman–Crippen LogP) is -0.176. The zero-order valence-corrected chi connectivity index (χ0v) is 22.9. The molecule has 10 heteroatoms. The van der Waals surface area contributed by atoms with Crippen molar-refractivity contribution >= 4 is 12.0 Å². The van der Waals surface area contributed by atoms with Crippen LogP contribution in [0.4, 0.5) is 4.79 Å². The van der Waals surface area contributed by atoms with E-state index in [0.29, 0.717) is 6.42 Å². The van der Waals surface area contributed by atoms with Gasteiger partial charge in [-0.15, -0.1) is 0 Å². The van der Waals surface area contributed by atoms with Crippen LogP contribution < -0.4 is 15.7 Å². The van der Waals surface area contributed by atoms with E-state index in [0.717, 1.165) is 16.0 Å². The third-order valence-corrected chi connectivity index (χ3v) is 6.43. The van der Waals surface area contributed by atoms with E-state index < -0.39 is 54.5 Å². The fraction of sp³-hybridized carbons (Fsp3) is 0.517. The smallest absolute Gasteiger partial charge is 0.223 e. The van der Waals surface area contributed by atoms with Gasteiger partial charge in [0.2, 0.25) is 5.91 Å². The quantitative estimate of drug-likeness (QED) is 0.180. The van der Waals surface area contributed by atoms with Gasteiger partial charge in [-0.1, -0.05) is 60.7 Å². The lowest BCUT2D eigenvalue weighted by atomic mass is 9.94. The number of nitrogens with one attached hydrogen (secondary N) is 2. The molecule has 0 bridgehead atoms. The van der Waals surface area contributed by atoms with Crippen LogP contribution in [0.3, 0.4) is 0 Å². The number of nitrogens with zero attached hydrogens (tertiary/aromatic N) is 1. The number of hydrogen-bond donors (Lipinski definition) is 6. The van der Waals surface area contributed by atoms with Gasteiger partial charge in [0.25, 0.3) is 0 Å². The second-order valence-corrected chi connectivity index (χ2v) is 10.8. The predicted molar refractivity (Wildman–Crippen MR) is 146 cm³/mol. The first-order chi connectivity index (χ1) is 18.4. The minimum atomic E-state index is -1.39. The number of benzene rings is 2. The summed E-state index contributed by atoms with van der Waals surface area (Å²) in [4.78, 5) is 25.6. The second kappa shape index (κ2) is 15.5. The number of aliphatic hydroxyl groups is 4. The Hall–Kier alpha value is -3.02. The standard InChI is InChI=1S/C29H43N3O7/c1-29(2,3)32(28(38)39)24(15-21-12-8-5-9-13-21)26(36)18-30-17-25(35)23(14-20-10-6-4-7-11-20)31-27(37)16-22(34)19-33/h4-13,22-26,30,33-36H,14-19H2,1-3H3,(H,31,37)(H,38,39)/p-1/t22?,23-,24-,25+,26+/m0/s1. The summed E-state index contributed by atoms with van der Waals surface area (Å²) >= 11 is 0. The molecule has 0 radical (unpaired) electrons. The number of rotatable bonds is 15. The maximum absolute atomic E-state index is 12.4. The van der Waals surface area contributed by atoms with Crippen LogP contribution >= 0.6 is 0 Å². The summed E-state index contributed by atoms with van der Waals surface area (Å²) in [6.45, 7) is 4.61. The highest BCUT2D eigenvalue weighted by atomic mass is 16.4. The summed E-state index contributed by atoms with van der Waals surface area (Å²) in [6, 6.07) is 17.0. The first-order valence-electron chi connectivity index (χ1n) is 13.2. The molecule has 0 heterocycles. The minimum Gasteiger partial charge on any atom is -0.530 e. The van der Waals surface area contributed by atoms with Crippen molar-refractivity contribution in [1.29, 1.82) is 0 Å². The Bertz CT molecular complexity index is 1000. The third-order valence-electron chi connectivity index (χ3n) is 6.43. The lowest BCUT2D eigenvalue weighted by Gasteiger charge is -2.45. The van der Waals surface area contributed by atoms with Crippen LogP contribution in [0.25, 0.3) is 0 Å². The molecule has 0 fully saturated rings. The molecule has 0 saturated carbocycles. The molecule has 2 rings (SSSR count). The Balaban J connectivity index is 2.11. The average Bonchev–Trinajstić information content (AvgIpc) is 2.87. The van der Waals surface area contributed by atoms with E-state index in [2.05, 4.69) is 10.6 Å². The number of carboxylic acid groups (broad SMARTS) is 1. The molecule has 0 aliphatic rings. The van der Waals surface area contributed by atoms with E-state index in [1.54, 1.807) is 20.8 Å². The average molecular weight is 545 g/mol. The number of aliphatic hydroxyl groups excluding tert-OH is 4. The Morgan fingerprint density at radius 1 is 0.872 bits per heavy atom. The molecule has 1 unspecified atom stereocenters. The molecular formula is C29H42N3O7-. The van der Waals surface area contributed by atoms with Crippen LogP contribution in [0.2, 0.25) is 0 Å². The van der Waals surface area contributed by atoms with Gasteiger partial charge >= 0.3 is 0 Å². The van der Waals surface area contributed by atoms with Gasteiger partial charge in [0.1, 0.15) is 6.09 Å². The van der Waals surface area contributed by atoms with Gasteiger partial charge in [-0.3, -0.25) is 4.79 Å². The fourth-order valence-corrected chi connectivity index (χ4v) is 4.51. The van der Waals surface area contributed by atoms with Crippen LogP contribution in [-0.2, 0) is 17.6 Å². The van der Waals surface area contributed by atoms with E-state index in [-0.39, 0.29) is 25.9 Å². The molecule has 10 nitrogen and oxygen atoms in total. The van der Waals surface area contributed by atoms with E-state index in [9.17, 15) is 30.0 Å². The highest BCUT2D eigenvalue weighted by Gasteiger charge is 2.34. The number of amides is 2. The molecule has 2 aromatic rings. The molecule has 0 aliphatic carbocycles. The van der Waals surface area contributed by atoms with Crippen LogP contribution in [0.1, 0.15) is 38.3 Å². The van der Waals surface area contributed by atoms with E-state index in [1.807, 2.05) is 60.7 Å². The van der Waals surface area contributed by atoms with Crippen molar-refractivity contribution in [2.75, 3.05) is 19.7 Å². The van der Waals surface area contributed by atoms with Crippen LogP contribution in [0.15, 0.2) is 60.7 Å². The maximum atomic E-state index is 12.4. The summed E-state index contributed by atoms with van der Waals surface area (Å²) in [5.41, 5.74) is 0.901. The van der Waals surface area contributed by atoms with E-state index >= 15 is 0 Å². The minimum absolute atomic E-state index is 0.00368. The van der Waals surface area contributed by atoms with Crippen LogP contribution in [0, 0.1) is 0 Å². The largest absolute Gasteiger partial charge is 0.530 e. The van der Waals surface area contributed by atoms with E-state index in [1.165, 1.54) is 0 Å². The van der Waals surface area contributed by atoms with Gasteiger partial charge in [0, 0.05) is 18.6 Å². The molecule has 2 aromatic carbocycles. The zero-order valence-electron chi connectivity index (χ0n) is 22.9. The number of carbonyl (C=O) groups excluding carboxylic acids is 2. The van der Waals surface area contributed by atoms with E-state index in [4.69, 9.17) is 5.11 Å². The lowest BCUT2D eigenvalue weighted by Crippen LogP contribution is -2.62. The Morgan fingerprint density at radius 2 is 1.38 bits per heavy atom. The van der Waals surface area contributed by atoms with Gasteiger partial charge < -0.3 is 45.9 Å². The summed E-state index contributed by atoms with van der Waals surface area (Å²) < 4.78 is 0. The molecule has 0 aliphatic heterocycles. The highest BCUT2D eigenvalue weighted by molar-refractivity contribution is 5.76. The highest BCUT2D eigenvalue weighted by Crippen LogP contribution is 2.22. The van der Waals surface area contributed by atoms with Crippen molar-refractivity contribution in [1.82, 2.24) is 15.5 Å². The van der Waals surface area contributed by atoms with Gasteiger partial charge in [0.05, 0.1) is 43.4 Å². The molecule has 216 valence electrons. The summed E-state index contributed by atoms with van der Waals surface area (Å²) in [7, 11) is 0. The van der Waals surface area contributed by atoms with Gasteiger partial charge in [0.15, 0.2) is 0 Å². The van der Waals surface area contributed by atoms with Gasteiger partial charge in [-0.05, 0) is 44.7 Å². The summed E-state index contributed by atoms with van der Waals surface area (Å²) in [5.74, 6) is -0.519. The monoisotopic (exact) mass is 544 g/mol. The Labute approximate surface area is 230 Å². The summed E-state index contributed by atoms with van der Waals surface area (Å²) in [6.07, 6.45) is -4.53. The number of hydrogen-bond acceptors (Lipinski definition) is 8. The topological polar surface area (TPSA) is 165 Å².